The van der Waals surface area contributed by atoms with Gasteiger partial charge in [-0.3, -0.25) is 9.10 Å². The Hall–Kier alpha value is -3.23. The first-order valence-corrected chi connectivity index (χ1v) is 13.0. The second-order valence-corrected chi connectivity index (χ2v) is 10.5. The number of anilines is 1. The summed E-state index contributed by atoms with van der Waals surface area (Å²) in [4.78, 5) is 13.2. The Balaban J connectivity index is 1.65. The first kappa shape index (κ1) is 24.9. The average Bonchev–Trinajstić information content (AvgIpc) is 2.87. The molecule has 35 heavy (non-hydrogen) atoms. The van der Waals surface area contributed by atoms with E-state index < -0.39 is 22.5 Å². The van der Waals surface area contributed by atoms with Gasteiger partial charge >= 0.3 is 0 Å². The van der Waals surface area contributed by atoms with Crippen molar-refractivity contribution in [2.75, 3.05) is 25.1 Å². The topological polar surface area (TPSA) is 84.9 Å². The van der Waals surface area contributed by atoms with Crippen LogP contribution in [0.3, 0.4) is 0 Å². The fourth-order valence-electron chi connectivity index (χ4n) is 4.30. The molecule has 0 aliphatic heterocycles. The van der Waals surface area contributed by atoms with Crippen molar-refractivity contribution >= 4 is 33.2 Å². The highest BCUT2D eigenvalue weighted by Gasteiger charge is 2.30. The molecular weight excluding hydrogens is 488 g/mol. The molecule has 1 aliphatic carbocycles. The van der Waals surface area contributed by atoms with Gasteiger partial charge in [-0.15, -0.1) is 0 Å². The number of aryl methyl sites for hydroxylation is 1. The molecule has 9 heteroatoms. The number of methoxy groups -OCH3 is 2. The van der Waals surface area contributed by atoms with Crippen molar-refractivity contribution in [3.05, 3.63) is 82.9 Å². The molecule has 1 N–H and O–H groups in total. The van der Waals surface area contributed by atoms with E-state index in [9.17, 15) is 13.2 Å². The van der Waals surface area contributed by atoms with E-state index in [1.165, 1.54) is 38.0 Å². The summed E-state index contributed by atoms with van der Waals surface area (Å²) in [5.41, 5.74) is 2.60. The molecule has 1 unspecified atom stereocenters. The molecule has 0 radical (unpaired) electrons. The summed E-state index contributed by atoms with van der Waals surface area (Å²) in [5.74, 6) is 0.275. The predicted molar refractivity (Wildman–Crippen MR) is 136 cm³/mol. The summed E-state index contributed by atoms with van der Waals surface area (Å²) in [7, 11) is -1.22. The Bertz CT molecular complexity index is 1310. The van der Waals surface area contributed by atoms with Crippen LogP contribution in [0.2, 0.25) is 5.02 Å². The van der Waals surface area contributed by atoms with E-state index in [1.807, 2.05) is 18.2 Å². The molecule has 0 saturated heterocycles. The Morgan fingerprint density at radius 3 is 2.46 bits per heavy atom. The maximum Gasteiger partial charge on any atom is 0.264 e. The fraction of sp³-hybridized carbons (Fsp3) is 0.269. The number of benzene rings is 3. The maximum absolute atomic E-state index is 13.7. The molecule has 184 valence electrons. The van der Waals surface area contributed by atoms with Crippen molar-refractivity contribution in [1.29, 1.82) is 0 Å². The minimum absolute atomic E-state index is 0.0269. The van der Waals surface area contributed by atoms with Crippen LogP contribution < -0.4 is 19.1 Å². The van der Waals surface area contributed by atoms with Crippen LogP contribution in [0, 0.1) is 0 Å². The molecule has 7 nitrogen and oxygen atoms in total. The van der Waals surface area contributed by atoms with Crippen LogP contribution in [-0.2, 0) is 21.2 Å². The Morgan fingerprint density at radius 1 is 1.03 bits per heavy atom. The second kappa shape index (κ2) is 10.6. The molecule has 1 atom stereocenters. The average molecular weight is 515 g/mol. The highest BCUT2D eigenvalue weighted by molar-refractivity contribution is 7.92. The lowest BCUT2D eigenvalue weighted by molar-refractivity contribution is -0.120. The zero-order valence-corrected chi connectivity index (χ0v) is 21.1. The van der Waals surface area contributed by atoms with Gasteiger partial charge in [0.25, 0.3) is 10.0 Å². The SMILES string of the molecule is COc1ccc(S(=O)(=O)N(CC(=O)NC2CCCc3ccccc32)c2ccc(Cl)cc2)cc1OC. The van der Waals surface area contributed by atoms with E-state index in [2.05, 4.69) is 11.4 Å². The van der Waals surface area contributed by atoms with Gasteiger partial charge in [0.1, 0.15) is 6.54 Å². The van der Waals surface area contributed by atoms with Crippen LogP contribution in [0.1, 0.15) is 30.0 Å². The molecule has 0 fully saturated rings. The number of carbonyl (C=O) groups is 1. The molecule has 0 heterocycles. The van der Waals surface area contributed by atoms with Crippen LogP contribution in [0.5, 0.6) is 11.5 Å². The van der Waals surface area contributed by atoms with Crippen molar-refractivity contribution in [2.24, 2.45) is 0 Å². The Kier molecular flexibility index (Phi) is 7.52. The summed E-state index contributed by atoms with van der Waals surface area (Å²) in [6, 6.07) is 18.5. The molecule has 0 spiro atoms. The minimum Gasteiger partial charge on any atom is -0.493 e. The van der Waals surface area contributed by atoms with E-state index in [4.69, 9.17) is 21.1 Å². The van der Waals surface area contributed by atoms with Crippen molar-refractivity contribution < 1.29 is 22.7 Å². The summed E-state index contributed by atoms with van der Waals surface area (Å²) < 4.78 is 39.0. The summed E-state index contributed by atoms with van der Waals surface area (Å²) >= 11 is 6.03. The van der Waals surface area contributed by atoms with Crippen LogP contribution in [0.4, 0.5) is 5.69 Å². The number of hydrogen-bond acceptors (Lipinski definition) is 5. The molecule has 0 aromatic heterocycles. The van der Waals surface area contributed by atoms with Gasteiger partial charge in [0.15, 0.2) is 11.5 Å². The lowest BCUT2D eigenvalue weighted by Gasteiger charge is -2.29. The fourth-order valence-corrected chi connectivity index (χ4v) is 5.86. The quantitative estimate of drug-likeness (QED) is 0.469. The number of carbonyl (C=O) groups excluding carboxylic acids is 1. The number of fused-ring (bicyclic) bond motifs is 1. The lowest BCUT2D eigenvalue weighted by Crippen LogP contribution is -2.42. The van der Waals surface area contributed by atoms with Crippen molar-refractivity contribution in [3.8, 4) is 11.5 Å². The minimum atomic E-state index is -4.13. The number of hydrogen-bond donors (Lipinski definition) is 1. The van der Waals surface area contributed by atoms with Gasteiger partial charge in [0.2, 0.25) is 5.91 Å². The van der Waals surface area contributed by atoms with Crippen LogP contribution >= 0.6 is 11.6 Å². The lowest BCUT2D eigenvalue weighted by atomic mass is 9.88. The monoisotopic (exact) mass is 514 g/mol. The van der Waals surface area contributed by atoms with Gasteiger partial charge in [-0.25, -0.2) is 8.42 Å². The molecular formula is C26H27ClN2O5S. The number of nitrogens with zero attached hydrogens (tertiary/aromatic N) is 1. The third-order valence-corrected chi connectivity index (χ3v) is 8.07. The molecule has 1 amide bonds. The van der Waals surface area contributed by atoms with Gasteiger partial charge in [-0.1, -0.05) is 35.9 Å². The number of sulfonamides is 1. The highest BCUT2D eigenvalue weighted by Crippen LogP contribution is 2.33. The van der Waals surface area contributed by atoms with E-state index in [0.29, 0.717) is 16.5 Å². The molecule has 0 saturated carbocycles. The summed E-state index contributed by atoms with van der Waals surface area (Å²) in [6.45, 7) is -0.392. The number of ether oxygens (including phenoxy) is 2. The van der Waals surface area contributed by atoms with Gasteiger partial charge in [0, 0.05) is 11.1 Å². The zero-order chi connectivity index (χ0) is 25.0. The Labute approximate surface area is 210 Å². The van der Waals surface area contributed by atoms with E-state index in [0.717, 1.165) is 29.1 Å². The van der Waals surface area contributed by atoms with Crippen LogP contribution in [-0.4, -0.2) is 35.1 Å². The van der Waals surface area contributed by atoms with Gasteiger partial charge in [-0.05, 0) is 66.8 Å². The summed E-state index contributed by atoms with van der Waals surface area (Å²) in [5, 5.41) is 3.49. The maximum atomic E-state index is 13.7. The van der Waals surface area contributed by atoms with Crippen molar-refractivity contribution in [1.82, 2.24) is 5.32 Å². The summed E-state index contributed by atoms with van der Waals surface area (Å²) in [6.07, 6.45) is 2.71. The normalized spacial score (nSPS) is 15.1. The third kappa shape index (κ3) is 5.39. The van der Waals surface area contributed by atoms with Crippen molar-refractivity contribution in [2.45, 2.75) is 30.2 Å². The van der Waals surface area contributed by atoms with Gasteiger partial charge < -0.3 is 14.8 Å². The number of amides is 1. The highest BCUT2D eigenvalue weighted by atomic mass is 35.5. The van der Waals surface area contributed by atoms with Gasteiger partial charge in [-0.2, -0.15) is 0 Å². The largest absolute Gasteiger partial charge is 0.493 e. The first-order valence-electron chi connectivity index (χ1n) is 11.2. The standard InChI is InChI=1S/C26H27ClN2O5S/c1-33-24-15-14-21(16-25(24)34-2)35(31,32)29(20-12-10-19(27)11-13-20)17-26(30)28-23-9-5-7-18-6-3-4-8-22(18)23/h3-4,6,8,10-16,23H,5,7,9,17H2,1-2H3,(H,28,30). The second-order valence-electron chi connectivity index (χ2n) is 8.22. The van der Waals surface area contributed by atoms with E-state index in [1.54, 1.807) is 24.3 Å². The Morgan fingerprint density at radius 2 is 1.74 bits per heavy atom. The zero-order valence-electron chi connectivity index (χ0n) is 19.5. The molecule has 0 bridgehead atoms. The van der Waals surface area contributed by atoms with Crippen LogP contribution in [0.25, 0.3) is 0 Å². The van der Waals surface area contributed by atoms with E-state index >= 15 is 0 Å². The molecule has 3 aromatic rings. The third-order valence-electron chi connectivity index (χ3n) is 6.05. The smallest absolute Gasteiger partial charge is 0.264 e. The van der Waals surface area contributed by atoms with Crippen molar-refractivity contribution in [3.63, 3.8) is 0 Å². The predicted octanol–water partition coefficient (Wildman–Crippen LogP) is 4.75. The van der Waals surface area contributed by atoms with E-state index in [-0.39, 0.29) is 16.7 Å². The van der Waals surface area contributed by atoms with Crippen LogP contribution in [0.15, 0.2) is 71.6 Å². The molecule has 4 rings (SSSR count). The molecule has 1 aliphatic rings. The number of halogens is 1. The number of nitrogens with one attached hydrogen (secondary N) is 1. The first-order chi connectivity index (χ1) is 16.8. The number of rotatable bonds is 8. The molecule has 3 aromatic carbocycles. The van der Waals surface area contributed by atoms with Gasteiger partial charge in [0.05, 0.1) is 30.8 Å².